The number of H-pyrrole nitrogens is 1. The van der Waals surface area contributed by atoms with E-state index in [1.165, 1.54) is 11.1 Å². The van der Waals surface area contributed by atoms with Crippen LogP contribution < -0.4 is 10.2 Å². The number of rotatable bonds is 6. The fraction of sp³-hybridized carbons (Fsp3) is 0.346. The maximum Gasteiger partial charge on any atom is 0.340 e. The monoisotopic (exact) mass is 446 g/mol. The van der Waals surface area contributed by atoms with E-state index in [0.717, 1.165) is 30.9 Å². The zero-order chi connectivity index (χ0) is 23.5. The number of amides is 1. The fourth-order valence-electron chi connectivity index (χ4n) is 4.23. The summed E-state index contributed by atoms with van der Waals surface area (Å²) in [6, 6.07) is 12.5. The van der Waals surface area contributed by atoms with E-state index in [1.54, 1.807) is 33.9 Å². The molecule has 0 bridgehead atoms. The van der Waals surface area contributed by atoms with Crippen LogP contribution in [0.4, 0.5) is 5.82 Å². The number of hydrogen-bond donors (Lipinski definition) is 2. The molecule has 0 radical (unpaired) electrons. The van der Waals surface area contributed by atoms with Crippen LogP contribution in [0.15, 0.2) is 42.6 Å². The van der Waals surface area contributed by atoms with Gasteiger partial charge in [0.2, 0.25) is 0 Å². The van der Waals surface area contributed by atoms with Gasteiger partial charge in [0, 0.05) is 31.5 Å². The molecule has 3 aromatic rings. The summed E-state index contributed by atoms with van der Waals surface area (Å²) >= 11 is 0. The van der Waals surface area contributed by atoms with Gasteiger partial charge in [0.15, 0.2) is 0 Å². The second kappa shape index (κ2) is 9.48. The Bertz CT molecular complexity index is 1160. The van der Waals surface area contributed by atoms with E-state index < -0.39 is 5.97 Å². The van der Waals surface area contributed by atoms with E-state index >= 15 is 0 Å². The lowest BCUT2D eigenvalue weighted by atomic mass is 10.00. The number of fused-ring (bicyclic) bond motifs is 1. The lowest BCUT2D eigenvalue weighted by molar-refractivity contribution is 0.0376. The van der Waals surface area contributed by atoms with Crippen LogP contribution in [0.2, 0.25) is 0 Å². The van der Waals surface area contributed by atoms with Crippen molar-refractivity contribution >= 4 is 17.7 Å². The second-order valence-electron chi connectivity index (χ2n) is 8.73. The molecule has 7 heteroatoms. The first kappa shape index (κ1) is 22.6. The Balaban J connectivity index is 1.38. The molecule has 2 N–H and O–H groups in total. The summed E-state index contributed by atoms with van der Waals surface area (Å²) in [6.45, 7) is 9.25. The molecule has 0 aliphatic carbocycles. The van der Waals surface area contributed by atoms with Crippen molar-refractivity contribution in [1.82, 2.24) is 15.3 Å². The van der Waals surface area contributed by atoms with Crippen molar-refractivity contribution < 1.29 is 14.3 Å². The SMILES string of the molecule is Cc1[nH]c(C(=O)NCc2ccc(N3CCc4ccccc4C3)nc2)c(C)c1C(=O)OC(C)C. The van der Waals surface area contributed by atoms with E-state index in [9.17, 15) is 9.59 Å². The van der Waals surface area contributed by atoms with Gasteiger partial charge in [0.25, 0.3) is 5.91 Å². The van der Waals surface area contributed by atoms with Crippen LogP contribution in [-0.4, -0.2) is 34.5 Å². The van der Waals surface area contributed by atoms with Gasteiger partial charge >= 0.3 is 5.97 Å². The van der Waals surface area contributed by atoms with Crippen molar-refractivity contribution in [3.05, 3.63) is 81.8 Å². The number of benzene rings is 1. The van der Waals surface area contributed by atoms with Gasteiger partial charge in [-0.05, 0) is 62.4 Å². The first-order valence-electron chi connectivity index (χ1n) is 11.3. The first-order valence-corrected chi connectivity index (χ1v) is 11.3. The Morgan fingerprint density at radius 1 is 1.15 bits per heavy atom. The largest absolute Gasteiger partial charge is 0.459 e. The number of aromatic nitrogens is 2. The van der Waals surface area contributed by atoms with Crippen molar-refractivity contribution in [3.8, 4) is 0 Å². The van der Waals surface area contributed by atoms with E-state index in [2.05, 4.69) is 44.5 Å². The summed E-state index contributed by atoms with van der Waals surface area (Å²) in [6.07, 6.45) is 2.59. The highest BCUT2D eigenvalue weighted by Crippen LogP contribution is 2.23. The molecule has 1 aliphatic heterocycles. The summed E-state index contributed by atoms with van der Waals surface area (Å²) in [5.74, 6) is 0.245. The van der Waals surface area contributed by atoms with Gasteiger partial charge in [-0.15, -0.1) is 0 Å². The Labute approximate surface area is 194 Å². The molecule has 3 heterocycles. The normalized spacial score (nSPS) is 13.1. The molecule has 1 amide bonds. The van der Waals surface area contributed by atoms with Crippen molar-refractivity contribution in [2.24, 2.45) is 0 Å². The molecule has 1 aliphatic rings. The molecule has 172 valence electrons. The predicted octanol–water partition coefficient (Wildman–Crippen LogP) is 4.08. The number of pyridine rings is 1. The van der Waals surface area contributed by atoms with E-state index in [1.807, 2.05) is 12.1 Å². The minimum Gasteiger partial charge on any atom is -0.459 e. The molecule has 0 spiro atoms. The molecule has 0 atom stereocenters. The first-order chi connectivity index (χ1) is 15.8. The number of nitrogens with one attached hydrogen (secondary N) is 2. The molecule has 0 fully saturated rings. The average molecular weight is 447 g/mol. The summed E-state index contributed by atoms with van der Waals surface area (Å²) in [7, 11) is 0. The van der Waals surface area contributed by atoms with Crippen LogP contribution in [0.1, 0.15) is 62.6 Å². The van der Waals surface area contributed by atoms with E-state index in [0.29, 0.717) is 29.1 Å². The van der Waals surface area contributed by atoms with Gasteiger partial charge in [-0.3, -0.25) is 4.79 Å². The summed E-state index contributed by atoms with van der Waals surface area (Å²) in [5.41, 5.74) is 5.67. The number of aryl methyl sites for hydroxylation is 1. The number of carbonyl (C=O) groups is 2. The Morgan fingerprint density at radius 3 is 2.61 bits per heavy atom. The lowest BCUT2D eigenvalue weighted by Gasteiger charge is -2.29. The molecule has 1 aromatic carbocycles. The molecule has 0 unspecified atom stereocenters. The van der Waals surface area contributed by atoms with Crippen LogP contribution in [0.5, 0.6) is 0 Å². The molecule has 33 heavy (non-hydrogen) atoms. The number of carbonyl (C=O) groups excluding carboxylic acids is 2. The number of aromatic amines is 1. The molecular weight excluding hydrogens is 416 g/mol. The Hall–Kier alpha value is -3.61. The number of hydrogen-bond acceptors (Lipinski definition) is 5. The quantitative estimate of drug-likeness (QED) is 0.557. The topological polar surface area (TPSA) is 87.3 Å². The van der Waals surface area contributed by atoms with E-state index in [-0.39, 0.29) is 12.0 Å². The molecule has 0 saturated carbocycles. The number of anilines is 1. The molecule has 0 saturated heterocycles. The average Bonchev–Trinajstić information content (AvgIpc) is 3.11. The highest BCUT2D eigenvalue weighted by Gasteiger charge is 2.23. The third-order valence-corrected chi connectivity index (χ3v) is 5.93. The van der Waals surface area contributed by atoms with Crippen molar-refractivity contribution in [2.75, 3.05) is 11.4 Å². The van der Waals surface area contributed by atoms with Crippen LogP contribution in [0.3, 0.4) is 0 Å². The maximum atomic E-state index is 12.8. The van der Waals surface area contributed by atoms with Gasteiger partial charge < -0.3 is 19.9 Å². The Morgan fingerprint density at radius 2 is 1.91 bits per heavy atom. The summed E-state index contributed by atoms with van der Waals surface area (Å²) < 4.78 is 5.30. The van der Waals surface area contributed by atoms with Crippen LogP contribution >= 0.6 is 0 Å². The van der Waals surface area contributed by atoms with Gasteiger partial charge in [-0.25, -0.2) is 9.78 Å². The van der Waals surface area contributed by atoms with Crippen LogP contribution in [-0.2, 0) is 24.2 Å². The summed E-state index contributed by atoms with van der Waals surface area (Å²) in [5, 5.41) is 2.91. The van der Waals surface area contributed by atoms with Gasteiger partial charge in [0.05, 0.1) is 11.7 Å². The van der Waals surface area contributed by atoms with Gasteiger partial charge in [0.1, 0.15) is 11.5 Å². The third-order valence-electron chi connectivity index (χ3n) is 5.93. The maximum absolute atomic E-state index is 12.8. The Kier molecular flexibility index (Phi) is 6.49. The molecule has 2 aromatic heterocycles. The zero-order valence-electron chi connectivity index (χ0n) is 19.6. The van der Waals surface area contributed by atoms with Crippen molar-refractivity contribution in [1.29, 1.82) is 0 Å². The smallest absolute Gasteiger partial charge is 0.340 e. The van der Waals surface area contributed by atoms with Crippen molar-refractivity contribution in [2.45, 2.75) is 53.3 Å². The standard InChI is InChI=1S/C26H30N4O3/c1-16(2)33-26(32)23-17(3)24(29-18(23)4)25(31)28-14-19-9-10-22(27-13-19)30-12-11-20-7-5-6-8-21(20)15-30/h5-10,13,16,29H,11-12,14-15H2,1-4H3,(H,28,31). The summed E-state index contributed by atoms with van der Waals surface area (Å²) in [4.78, 5) is 35.0. The fourth-order valence-corrected chi connectivity index (χ4v) is 4.23. The highest BCUT2D eigenvalue weighted by atomic mass is 16.5. The molecular formula is C26H30N4O3. The van der Waals surface area contributed by atoms with Crippen LogP contribution in [0, 0.1) is 13.8 Å². The second-order valence-corrected chi connectivity index (χ2v) is 8.73. The predicted molar refractivity (Wildman–Crippen MR) is 127 cm³/mol. The number of esters is 1. The van der Waals surface area contributed by atoms with Gasteiger partial charge in [-0.2, -0.15) is 0 Å². The van der Waals surface area contributed by atoms with E-state index in [4.69, 9.17) is 4.74 Å². The highest BCUT2D eigenvalue weighted by molar-refractivity contribution is 6.00. The number of nitrogens with zero attached hydrogens (tertiary/aromatic N) is 2. The zero-order valence-corrected chi connectivity index (χ0v) is 19.6. The minimum absolute atomic E-state index is 0.223. The van der Waals surface area contributed by atoms with Gasteiger partial charge in [-0.1, -0.05) is 30.3 Å². The minimum atomic E-state index is -0.421. The third kappa shape index (κ3) is 4.92. The van der Waals surface area contributed by atoms with Crippen LogP contribution in [0.25, 0.3) is 0 Å². The van der Waals surface area contributed by atoms with Crippen molar-refractivity contribution in [3.63, 3.8) is 0 Å². The molecule has 4 rings (SSSR count). The number of ether oxygens (including phenoxy) is 1. The molecule has 7 nitrogen and oxygen atoms in total. The lowest BCUT2D eigenvalue weighted by Crippen LogP contribution is -2.31.